The summed E-state index contributed by atoms with van der Waals surface area (Å²) >= 11 is 1.86. The summed E-state index contributed by atoms with van der Waals surface area (Å²) in [7, 11) is 0. The Bertz CT molecular complexity index is 601. The van der Waals surface area contributed by atoms with Gasteiger partial charge in [0.25, 0.3) is 0 Å². The van der Waals surface area contributed by atoms with Crippen molar-refractivity contribution in [1.29, 1.82) is 0 Å². The van der Waals surface area contributed by atoms with E-state index in [9.17, 15) is 0 Å². The van der Waals surface area contributed by atoms with Crippen molar-refractivity contribution in [2.24, 2.45) is 10.9 Å². The van der Waals surface area contributed by atoms with Crippen molar-refractivity contribution in [1.82, 2.24) is 5.32 Å². The summed E-state index contributed by atoms with van der Waals surface area (Å²) in [5.41, 5.74) is 1.48. The number of nitrogens with zero attached hydrogens (tertiary/aromatic N) is 1. The van der Waals surface area contributed by atoms with E-state index in [0.717, 1.165) is 12.5 Å². The number of aliphatic imine (C=N–C) groups is 1. The largest absolute Gasteiger partial charge is 0.296 e. The second kappa shape index (κ2) is 4.18. The zero-order valence-electron chi connectivity index (χ0n) is 10.2. The van der Waals surface area contributed by atoms with Crippen molar-refractivity contribution in [2.75, 3.05) is 6.54 Å². The van der Waals surface area contributed by atoms with Gasteiger partial charge in [0.2, 0.25) is 0 Å². The third-order valence-corrected chi connectivity index (χ3v) is 5.19. The van der Waals surface area contributed by atoms with Crippen LogP contribution in [0.15, 0.2) is 34.6 Å². The maximum Gasteiger partial charge on any atom is 0.102 e. The van der Waals surface area contributed by atoms with Crippen molar-refractivity contribution in [3.8, 4) is 0 Å². The fraction of sp³-hybridized carbons (Fsp3) is 0.400. The SMILES string of the molecule is C1=NC2NCCC2CC1c1csc2ccccc12. The fourth-order valence-corrected chi connectivity index (χ4v) is 4.26. The minimum Gasteiger partial charge on any atom is -0.296 e. The first-order valence-corrected chi connectivity index (χ1v) is 7.52. The zero-order valence-corrected chi connectivity index (χ0v) is 11.0. The van der Waals surface area contributed by atoms with E-state index in [4.69, 9.17) is 4.99 Å². The summed E-state index contributed by atoms with van der Waals surface area (Å²) in [6.45, 7) is 1.13. The van der Waals surface area contributed by atoms with Gasteiger partial charge in [-0.2, -0.15) is 0 Å². The fourth-order valence-electron chi connectivity index (χ4n) is 3.24. The predicted molar refractivity (Wildman–Crippen MR) is 77.6 cm³/mol. The van der Waals surface area contributed by atoms with E-state index in [1.807, 2.05) is 11.3 Å². The average Bonchev–Trinajstić information content (AvgIpc) is 3.04. The summed E-state index contributed by atoms with van der Waals surface area (Å²) in [4.78, 5) is 4.70. The molecule has 1 N–H and O–H groups in total. The number of rotatable bonds is 1. The first-order valence-electron chi connectivity index (χ1n) is 6.64. The van der Waals surface area contributed by atoms with Crippen LogP contribution in [-0.2, 0) is 0 Å². The van der Waals surface area contributed by atoms with Crippen LogP contribution >= 0.6 is 11.3 Å². The second-order valence-electron chi connectivity index (χ2n) is 5.28. The molecule has 1 aromatic heterocycles. The number of fused-ring (bicyclic) bond motifs is 2. The van der Waals surface area contributed by atoms with Crippen LogP contribution in [0.25, 0.3) is 10.1 Å². The molecule has 3 atom stereocenters. The van der Waals surface area contributed by atoms with Crippen molar-refractivity contribution in [2.45, 2.75) is 24.9 Å². The van der Waals surface area contributed by atoms with E-state index in [2.05, 4.69) is 41.2 Å². The molecule has 0 aliphatic carbocycles. The zero-order chi connectivity index (χ0) is 11.9. The highest BCUT2D eigenvalue weighted by Gasteiger charge is 2.32. The van der Waals surface area contributed by atoms with Gasteiger partial charge in [-0.1, -0.05) is 18.2 Å². The number of nitrogens with one attached hydrogen (secondary N) is 1. The molecule has 0 bridgehead atoms. The molecule has 2 aliphatic heterocycles. The Morgan fingerprint density at radius 3 is 3.22 bits per heavy atom. The molecule has 92 valence electrons. The van der Waals surface area contributed by atoms with Gasteiger partial charge in [-0.3, -0.25) is 10.3 Å². The molecule has 0 radical (unpaired) electrons. The van der Waals surface area contributed by atoms with Crippen LogP contribution in [0.5, 0.6) is 0 Å². The normalized spacial score (nSPS) is 30.8. The van der Waals surface area contributed by atoms with Crippen LogP contribution in [0.4, 0.5) is 0 Å². The minimum atomic E-state index is 0.395. The Morgan fingerprint density at radius 2 is 2.22 bits per heavy atom. The van der Waals surface area contributed by atoms with Gasteiger partial charge in [-0.25, -0.2) is 0 Å². The van der Waals surface area contributed by atoms with E-state index in [0.29, 0.717) is 12.1 Å². The Labute approximate surface area is 111 Å². The molecule has 0 saturated carbocycles. The smallest absolute Gasteiger partial charge is 0.102 e. The van der Waals surface area contributed by atoms with Crippen LogP contribution < -0.4 is 5.32 Å². The second-order valence-corrected chi connectivity index (χ2v) is 6.19. The lowest BCUT2D eigenvalue weighted by Crippen LogP contribution is -2.29. The Kier molecular flexibility index (Phi) is 2.49. The van der Waals surface area contributed by atoms with Crippen molar-refractivity contribution in [3.05, 3.63) is 35.2 Å². The molecule has 2 aliphatic rings. The third-order valence-electron chi connectivity index (χ3n) is 4.21. The summed E-state index contributed by atoms with van der Waals surface area (Å²) in [5, 5.41) is 7.21. The van der Waals surface area contributed by atoms with Gasteiger partial charge in [0.15, 0.2) is 0 Å². The maximum absolute atomic E-state index is 4.70. The number of hydrogen-bond donors (Lipinski definition) is 1. The lowest BCUT2D eigenvalue weighted by atomic mass is 9.85. The number of hydrogen-bond acceptors (Lipinski definition) is 3. The molecule has 1 saturated heterocycles. The molecule has 0 amide bonds. The van der Waals surface area contributed by atoms with E-state index in [1.165, 1.54) is 28.5 Å². The standard InChI is InChI=1S/C15H16N2S/c1-2-4-14-12(3-1)13(9-18-14)11-7-10-5-6-16-15(10)17-8-11/h1-4,8-11,15-16H,5-7H2. The first-order chi connectivity index (χ1) is 8.92. The Hall–Kier alpha value is -1.19. The van der Waals surface area contributed by atoms with E-state index in [-0.39, 0.29) is 0 Å². The van der Waals surface area contributed by atoms with Crippen LogP contribution in [0.2, 0.25) is 0 Å². The molecular weight excluding hydrogens is 240 g/mol. The van der Waals surface area contributed by atoms with Crippen LogP contribution in [0.1, 0.15) is 24.3 Å². The summed E-state index contributed by atoms with van der Waals surface area (Å²) in [5.74, 6) is 1.25. The maximum atomic E-state index is 4.70. The highest BCUT2D eigenvalue weighted by molar-refractivity contribution is 7.17. The van der Waals surface area contributed by atoms with E-state index in [1.54, 1.807) is 0 Å². The van der Waals surface area contributed by atoms with Gasteiger partial charge >= 0.3 is 0 Å². The van der Waals surface area contributed by atoms with Gasteiger partial charge in [-0.05, 0) is 47.7 Å². The lowest BCUT2D eigenvalue weighted by Gasteiger charge is -2.25. The van der Waals surface area contributed by atoms with E-state index < -0.39 is 0 Å². The average molecular weight is 256 g/mol. The van der Waals surface area contributed by atoms with Crippen LogP contribution in [0.3, 0.4) is 0 Å². The van der Waals surface area contributed by atoms with Gasteiger partial charge in [0.05, 0.1) is 0 Å². The van der Waals surface area contributed by atoms with E-state index >= 15 is 0 Å². The molecule has 4 rings (SSSR count). The van der Waals surface area contributed by atoms with Gasteiger partial charge < -0.3 is 0 Å². The first kappa shape index (κ1) is 10.7. The quantitative estimate of drug-likeness (QED) is 0.831. The molecule has 3 heteroatoms. The minimum absolute atomic E-state index is 0.395. The van der Waals surface area contributed by atoms with Crippen molar-refractivity contribution in [3.63, 3.8) is 0 Å². The molecule has 2 aromatic rings. The highest BCUT2D eigenvalue weighted by atomic mass is 32.1. The Balaban J connectivity index is 1.73. The molecule has 2 nitrogen and oxygen atoms in total. The van der Waals surface area contributed by atoms with Crippen LogP contribution in [0, 0.1) is 5.92 Å². The molecule has 1 aromatic carbocycles. The van der Waals surface area contributed by atoms with Gasteiger partial charge in [-0.15, -0.1) is 11.3 Å². The monoisotopic (exact) mass is 256 g/mol. The number of thiophene rings is 1. The molecule has 1 fully saturated rings. The predicted octanol–water partition coefficient (Wildman–Crippen LogP) is 3.40. The summed E-state index contributed by atoms with van der Waals surface area (Å²) in [6, 6.07) is 8.71. The third kappa shape index (κ3) is 1.62. The highest BCUT2D eigenvalue weighted by Crippen LogP contribution is 2.38. The Morgan fingerprint density at radius 1 is 1.28 bits per heavy atom. The van der Waals surface area contributed by atoms with Crippen LogP contribution in [-0.4, -0.2) is 18.9 Å². The van der Waals surface area contributed by atoms with Crippen molar-refractivity contribution < 1.29 is 0 Å². The number of benzene rings is 1. The summed E-state index contributed by atoms with van der Waals surface area (Å²) in [6.07, 6.45) is 5.10. The van der Waals surface area contributed by atoms with Crippen molar-refractivity contribution >= 4 is 27.6 Å². The lowest BCUT2D eigenvalue weighted by molar-refractivity contribution is 0.406. The molecule has 3 heterocycles. The molecule has 3 unspecified atom stereocenters. The topological polar surface area (TPSA) is 24.4 Å². The molecular formula is C15H16N2S. The van der Waals surface area contributed by atoms with Gasteiger partial charge in [0, 0.05) is 16.8 Å². The molecule has 0 spiro atoms. The summed E-state index contributed by atoms with van der Waals surface area (Å²) < 4.78 is 1.40. The molecule has 18 heavy (non-hydrogen) atoms. The van der Waals surface area contributed by atoms with Gasteiger partial charge in [0.1, 0.15) is 6.17 Å².